The Morgan fingerprint density at radius 1 is 1.44 bits per heavy atom. The van der Waals surface area contributed by atoms with Gasteiger partial charge < -0.3 is 14.1 Å². The topological polar surface area (TPSA) is 55.6 Å². The van der Waals surface area contributed by atoms with Crippen molar-refractivity contribution in [2.45, 2.75) is 44.8 Å². The molecule has 1 unspecified atom stereocenters. The molecule has 2 aromatic rings. The predicted molar refractivity (Wildman–Crippen MR) is 95.5 cm³/mol. The Hall–Kier alpha value is -1.85. The summed E-state index contributed by atoms with van der Waals surface area (Å²) in [5.74, 6) is 1.29. The molecule has 1 aliphatic heterocycles. The summed E-state index contributed by atoms with van der Waals surface area (Å²) < 4.78 is 11.3. The fourth-order valence-electron chi connectivity index (χ4n) is 3.09. The van der Waals surface area contributed by atoms with E-state index in [2.05, 4.69) is 4.98 Å². The molecule has 0 saturated carbocycles. The second-order valence-electron chi connectivity index (χ2n) is 6.80. The molecule has 6 heteroatoms. The summed E-state index contributed by atoms with van der Waals surface area (Å²) in [6.45, 7) is 4.25. The minimum Gasteiger partial charge on any atom is -0.443 e. The number of hydrogen-bond acceptors (Lipinski definition) is 4. The largest absolute Gasteiger partial charge is 0.443 e. The van der Waals surface area contributed by atoms with Crippen molar-refractivity contribution in [2.24, 2.45) is 0 Å². The molecule has 1 atom stereocenters. The number of carbonyl (C=O) groups is 1. The molecule has 3 rings (SSSR count). The Bertz CT molecular complexity index is 757. The highest BCUT2D eigenvalue weighted by Gasteiger charge is 2.40. The minimum absolute atomic E-state index is 0.0386. The van der Waals surface area contributed by atoms with Crippen molar-refractivity contribution < 1.29 is 13.9 Å². The predicted octanol–water partition coefficient (Wildman–Crippen LogP) is 4.01. The zero-order chi connectivity index (χ0) is 18.0. The van der Waals surface area contributed by atoms with E-state index in [-0.39, 0.29) is 11.9 Å². The monoisotopic (exact) mass is 362 g/mol. The highest BCUT2D eigenvalue weighted by Crippen LogP contribution is 2.34. The van der Waals surface area contributed by atoms with Crippen LogP contribution >= 0.6 is 11.6 Å². The van der Waals surface area contributed by atoms with Crippen LogP contribution in [0.15, 0.2) is 34.9 Å². The van der Waals surface area contributed by atoms with Crippen molar-refractivity contribution >= 4 is 17.5 Å². The fraction of sp³-hybridized carbons (Fsp3) is 0.474. The number of rotatable bonds is 5. The highest BCUT2D eigenvalue weighted by atomic mass is 35.5. The van der Waals surface area contributed by atoms with Gasteiger partial charge in [-0.25, -0.2) is 4.98 Å². The van der Waals surface area contributed by atoms with Crippen LogP contribution in [0.3, 0.4) is 0 Å². The Balaban J connectivity index is 1.77. The molecule has 1 aliphatic rings. The number of likely N-dealkylation sites (tertiary alicyclic amines) is 1. The Labute approximate surface area is 152 Å². The molecule has 1 aromatic heterocycles. The molecular formula is C19H23ClN2O3. The van der Waals surface area contributed by atoms with Crippen molar-refractivity contribution in [3.63, 3.8) is 0 Å². The summed E-state index contributed by atoms with van der Waals surface area (Å²) in [6, 6.07) is 7.54. The van der Waals surface area contributed by atoms with Crippen molar-refractivity contribution in [1.82, 2.24) is 9.88 Å². The van der Waals surface area contributed by atoms with E-state index in [9.17, 15) is 4.79 Å². The molecule has 5 nitrogen and oxygen atoms in total. The molecule has 0 N–H and O–H groups in total. The number of halogens is 1. The molecule has 1 amide bonds. The molecule has 1 fully saturated rings. The number of hydrogen-bond donors (Lipinski definition) is 0. The summed E-state index contributed by atoms with van der Waals surface area (Å²) in [5.41, 5.74) is 0.141. The third-order valence-electron chi connectivity index (χ3n) is 4.72. The smallest absolute Gasteiger partial charge is 0.254 e. The number of aromatic nitrogens is 1. The van der Waals surface area contributed by atoms with Gasteiger partial charge in [-0.2, -0.15) is 0 Å². The van der Waals surface area contributed by atoms with Crippen LogP contribution < -0.4 is 0 Å². The summed E-state index contributed by atoms with van der Waals surface area (Å²) in [5, 5.41) is 0.708. The van der Waals surface area contributed by atoms with Crippen LogP contribution in [0.4, 0.5) is 0 Å². The van der Waals surface area contributed by atoms with Crippen LogP contribution in [0.25, 0.3) is 0 Å². The summed E-state index contributed by atoms with van der Waals surface area (Å²) >= 11 is 6.21. The standard InChI is InChI=1S/C19H23ClN2O3/c1-19(2,24-3)18(23)22-10-6-9-16(22)17-21-12-14(25-17)11-13-7-4-5-8-15(13)20/h4-5,7-8,12,16H,6,9-11H2,1-3H3. The van der Waals surface area contributed by atoms with Gasteiger partial charge in [0.2, 0.25) is 5.89 Å². The Morgan fingerprint density at radius 3 is 2.92 bits per heavy atom. The summed E-state index contributed by atoms with van der Waals surface area (Å²) in [4.78, 5) is 19.0. The summed E-state index contributed by atoms with van der Waals surface area (Å²) in [7, 11) is 1.55. The molecule has 0 radical (unpaired) electrons. The molecular weight excluding hydrogens is 340 g/mol. The van der Waals surface area contributed by atoms with Crippen LogP contribution in [0.1, 0.15) is 49.9 Å². The Kier molecular flexibility index (Phi) is 5.16. The van der Waals surface area contributed by atoms with Crippen LogP contribution in [0.5, 0.6) is 0 Å². The fourth-order valence-corrected chi connectivity index (χ4v) is 3.29. The quantitative estimate of drug-likeness (QED) is 0.806. The number of methoxy groups -OCH3 is 1. The van der Waals surface area contributed by atoms with E-state index in [1.807, 2.05) is 29.2 Å². The first kappa shape index (κ1) is 18.0. The molecule has 2 heterocycles. The van der Waals surface area contributed by atoms with Gasteiger partial charge in [0.25, 0.3) is 5.91 Å². The maximum absolute atomic E-state index is 12.7. The normalized spacial score (nSPS) is 17.9. The van der Waals surface area contributed by atoms with Gasteiger partial charge in [0.1, 0.15) is 17.4 Å². The lowest BCUT2D eigenvalue weighted by molar-refractivity contribution is -0.152. The van der Waals surface area contributed by atoms with Gasteiger partial charge in [-0.1, -0.05) is 29.8 Å². The molecule has 0 bridgehead atoms. The van der Waals surface area contributed by atoms with Crippen LogP contribution in [-0.2, 0) is 16.0 Å². The third-order valence-corrected chi connectivity index (χ3v) is 5.09. The average molecular weight is 363 g/mol. The van der Waals surface area contributed by atoms with E-state index >= 15 is 0 Å². The zero-order valence-electron chi connectivity index (χ0n) is 14.8. The van der Waals surface area contributed by atoms with E-state index in [0.717, 1.165) is 24.2 Å². The zero-order valence-corrected chi connectivity index (χ0v) is 15.5. The van der Waals surface area contributed by atoms with E-state index in [1.54, 1.807) is 27.2 Å². The van der Waals surface area contributed by atoms with Gasteiger partial charge in [-0.15, -0.1) is 0 Å². The van der Waals surface area contributed by atoms with E-state index in [4.69, 9.17) is 20.8 Å². The van der Waals surface area contributed by atoms with Gasteiger partial charge >= 0.3 is 0 Å². The lowest BCUT2D eigenvalue weighted by atomic mass is 10.1. The van der Waals surface area contributed by atoms with E-state index in [1.165, 1.54) is 0 Å². The van der Waals surface area contributed by atoms with Crippen molar-refractivity contribution in [3.05, 3.63) is 52.7 Å². The van der Waals surface area contributed by atoms with Crippen molar-refractivity contribution in [2.75, 3.05) is 13.7 Å². The lowest BCUT2D eigenvalue weighted by Gasteiger charge is -2.30. The first-order valence-electron chi connectivity index (χ1n) is 8.46. The third kappa shape index (κ3) is 3.72. The minimum atomic E-state index is -0.852. The van der Waals surface area contributed by atoms with Gasteiger partial charge in [-0.3, -0.25) is 4.79 Å². The number of nitrogens with zero attached hydrogens (tertiary/aromatic N) is 2. The van der Waals surface area contributed by atoms with Gasteiger partial charge in [0.15, 0.2) is 0 Å². The number of oxazole rings is 1. The number of ether oxygens (including phenoxy) is 1. The number of benzene rings is 1. The first-order valence-corrected chi connectivity index (χ1v) is 8.84. The average Bonchev–Trinajstić information content (AvgIpc) is 3.25. The van der Waals surface area contributed by atoms with E-state index in [0.29, 0.717) is 23.9 Å². The Morgan fingerprint density at radius 2 is 2.20 bits per heavy atom. The molecule has 25 heavy (non-hydrogen) atoms. The second kappa shape index (κ2) is 7.18. The molecule has 0 spiro atoms. The molecule has 1 saturated heterocycles. The number of amides is 1. The highest BCUT2D eigenvalue weighted by molar-refractivity contribution is 6.31. The van der Waals surface area contributed by atoms with Gasteiger partial charge in [-0.05, 0) is 38.3 Å². The SMILES string of the molecule is COC(C)(C)C(=O)N1CCCC1c1ncc(Cc2ccccc2Cl)o1. The van der Waals surface area contributed by atoms with Gasteiger partial charge in [0.05, 0.1) is 6.20 Å². The van der Waals surface area contributed by atoms with Crippen LogP contribution in [0.2, 0.25) is 5.02 Å². The van der Waals surface area contributed by atoms with Crippen molar-refractivity contribution in [1.29, 1.82) is 0 Å². The van der Waals surface area contributed by atoms with Crippen LogP contribution in [-0.4, -0.2) is 35.0 Å². The summed E-state index contributed by atoms with van der Waals surface area (Å²) in [6.07, 6.45) is 4.08. The van der Waals surface area contributed by atoms with E-state index < -0.39 is 5.60 Å². The maximum atomic E-state index is 12.7. The maximum Gasteiger partial charge on any atom is 0.254 e. The molecule has 134 valence electrons. The molecule has 0 aliphatic carbocycles. The first-order chi connectivity index (χ1) is 11.9. The van der Waals surface area contributed by atoms with Crippen LogP contribution in [0, 0.1) is 0 Å². The second-order valence-corrected chi connectivity index (χ2v) is 7.21. The lowest BCUT2D eigenvalue weighted by Crippen LogP contribution is -2.46. The number of carbonyl (C=O) groups excluding carboxylic acids is 1. The molecule has 1 aromatic carbocycles. The van der Waals surface area contributed by atoms with Gasteiger partial charge in [0, 0.05) is 25.1 Å². The van der Waals surface area contributed by atoms with Crippen molar-refractivity contribution in [3.8, 4) is 0 Å².